The molecule has 5 rings (SSSR count). The van der Waals surface area contributed by atoms with Gasteiger partial charge in [0, 0.05) is 31.1 Å². The van der Waals surface area contributed by atoms with Gasteiger partial charge in [0.1, 0.15) is 5.65 Å². The number of benzene rings is 1. The summed E-state index contributed by atoms with van der Waals surface area (Å²) in [5.74, 6) is 0. The van der Waals surface area contributed by atoms with Crippen molar-refractivity contribution in [2.24, 2.45) is 7.05 Å². The largest absolute Gasteiger partial charge is 0.301 e. The van der Waals surface area contributed by atoms with Gasteiger partial charge in [-0.2, -0.15) is 5.10 Å². The standard InChI is InChI=1S/C24H30N4O/c1-26-23-22(16-25-26)20-11-5-6-12-21(20)24(29)28(23)19-10-7-14-27(17-19)15-13-18-8-3-2-4-9-18/h2-4,8-9,16,19H,5-7,10-15,17H2,1H3. The van der Waals surface area contributed by atoms with Gasteiger partial charge in [-0.1, -0.05) is 30.3 Å². The topological polar surface area (TPSA) is 43.1 Å². The number of aryl methyl sites for hydroxylation is 2. The predicted octanol–water partition coefficient (Wildman–Crippen LogP) is 3.49. The summed E-state index contributed by atoms with van der Waals surface area (Å²) >= 11 is 0. The lowest BCUT2D eigenvalue weighted by atomic mass is 9.90. The predicted molar refractivity (Wildman–Crippen MR) is 116 cm³/mol. The number of fused-ring (bicyclic) bond motifs is 3. The van der Waals surface area contributed by atoms with Crippen LogP contribution >= 0.6 is 0 Å². The Balaban J connectivity index is 1.46. The lowest BCUT2D eigenvalue weighted by molar-refractivity contribution is 0.178. The van der Waals surface area contributed by atoms with Gasteiger partial charge < -0.3 is 4.90 Å². The van der Waals surface area contributed by atoms with Crippen LogP contribution < -0.4 is 5.56 Å². The van der Waals surface area contributed by atoms with Crippen molar-refractivity contribution in [3.8, 4) is 0 Å². The average molecular weight is 391 g/mol. The molecule has 5 heteroatoms. The Labute approximate surface area is 171 Å². The zero-order valence-electron chi connectivity index (χ0n) is 17.3. The van der Waals surface area contributed by atoms with E-state index in [-0.39, 0.29) is 11.6 Å². The first-order chi connectivity index (χ1) is 14.2. The molecule has 1 aromatic carbocycles. The van der Waals surface area contributed by atoms with E-state index in [9.17, 15) is 4.79 Å². The van der Waals surface area contributed by atoms with Gasteiger partial charge in [0.15, 0.2) is 0 Å². The number of pyridine rings is 1. The summed E-state index contributed by atoms with van der Waals surface area (Å²) in [5, 5.41) is 5.74. The summed E-state index contributed by atoms with van der Waals surface area (Å²) in [7, 11) is 1.98. The highest BCUT2D eigenvalue weighted by Crippen LogP contribution is 2.30. The van der Waals surface area contributed by atoms with E-state index in [4.69, 9.17) is 0 Å². The summed E-state index contributed by atoms with van der Waals surface area (Å²) in [5.41, 5.74) is 4.96. The number of rotatable bonds is 4. The number of hydrogen-bond donors (Lipinski definition) is 0. The fourth-order valence-corrected chi connectivity index (χ4v) is 5.33. The number of piperidine rings is 1. The van der Waals surface area contributed by atoms with Crippen LogP contribution in [0.2, 0.25) is 0 Å². The summed E-state index contributed by atoms with van der Waals surface area (Å²) in [6, 6.07) is 10.9. The Morgan fingerprint density at radius 1 is 1.07 bits per heavy atom. The maximum Gasteiger partial charge on any atom is 0.255 e. The third-order valence-corrected chi connectivity index (χ3v) is 6.81. The van der Waals surface area contributed by atoms with E-state index in [1.807, 2.05) is 17.9 Å². The number of nitrogens with zero attached hydrogens (tertiary/aromatic N) is 4. The average Bonchev–Trinajstić information content (AvgIpc) is 3.15. The third-order valence-electron chi connectivity index (χ3n) is 6.81. The first-order valence-electron chi connectivity index (χ1n) is 11.1. The second-order valence-electron chi connectivity index (χ2n) is 8.68. The molecule has 2 aliphatic rings. The van der Waals surface area contributed by atoms with E-state index in [1.165, 1.54) is 22.9 Å². The molecule has 1 atom stereocenters. The zero-order chi connectivity index (χ0) is 19.8. The van der Waals surface area contributed by atoms with Gasteiger partial charge >= 0.3 is 0 Å². The first kappa shape index (κ1) is 18.6. The summed E-state index contributed by atoms with van der Waals surface area (Å²) in [6.07, 6.45) is 9.49. The highest BCUT2D eigenvalue weighted by Gasteiger charge is 2.28. The Morgan fingerprint density at radius 3 is 2.69 bits per heavy atom. The van der Waals surface area contributed by atoms with Crippen molar-refractivity contribution in [3.63, 3.8) is 0 Å². The van der Waals surface area contributed by atoms with Crippen LogP contribution in [0.3, 0.4) is 0 Å². The molecule has 0 spiro atoms. The van der Waals surface area contributed by atoms with Crippen molar-refractivity contribution in [2.75, 3.05) is 19.6 Å². The van der Waals surface area contributed by atoms with Crippen LogP contribution in [-0.4, -0.2) is 38.9 Å². The van der Waals surface area contributed by atoms with Gasteiger partial charge in [0.25, 0.3) is 5.56 Å². The molecule has 1 saturated heterocycles. The fraction of sp³-hybridized carbons (Fsp3) is 0.500. The van der Waals surface area contributed by atoms with Crippen LogP contribution in [0.4, 0.5) is 0 Å². The highest BCUT2D eigenvalue weighted by molar-refractivity contribution is 5.80. The van der Waals surface area contributed by atoms with E-state index < -0.39 is 0 Å². The smallest absolute Gasteiger partial charge is 0.255 e. The van der Waals surface area contributed by atoms with E-state index in [2.05, 4.69) is 44.9 Å². The lowest BCUT2D eigenvalue weighted by Crippen LogP contribution is -2.42. The van der Waals surface area contributed by atoms with Crippen LogP contribution in [0.15, 0.2) is 41.3 Å². The SMILES string of the molecule is Cn1ncc2c3c(c(=O)n(C4CCCN(CCc5ccccc5)C4)c21)CCCC3. The Kier molecular flexibility index (Phi) is 5.00. The lowest BCUT2D eigenvalue weighted by Gasteiger charge is -2.35. The van der Waals surface area contributed by atoms with Gasteiger partial charge in [-0.25, -0.2) is 0 Å². The minimum atomic E-state index is 0.233. The first-order valence-corrected chi connectivity index (χ1v) is 11.1. The van der Waals surface area contributed by atoms with Gasteiger partial charge in [0.05, 0.1) is 12.2 Å². The Bertz CT molecular complexity index is 1070. The molecule has 0 saturated carbocycles. The molecule has 0 N–H and O–H groups in total. The molecule has 0 bridgehead atoms. The van der Waals surface area contributed by atoms with E-state index >= 15 is 0 Å². The third kappa shape index (κ3) is 3.42. The van der Waals surface area contributed by atoms with Crippen molar-refractivity contribution in [1.82, 2.24) is 19.2 Å². The molecule has 5 nitrogen and oxygen atoms in total. The number of aromatic nitrogens is 3. The quantitative estimate of drug-likeness (QED) is 0.685. The normalized spacial score (nSPS) is 20.1. The van der Waals surface area contributed by atoms with Crippen molar-refractivity contribution in [1.29, 1.82) is 0 Å². The molecule has 1 fully saturated rings. The minimum absolute atomic E-state index is 0.233. The summed E-state index contributed by atoms with van der Waals surface area (Å²) in [4.78, 5) is 16.1. The summed E-state index contributed by atoms with van der Waals surface area (Å²) < 4.78 is 4.01. The van der Waals surface area contributed by atoms with Crippen molar-refractivity contribution in [3.05, 3.63) is 63.6 Å². The Hall–Kier alpha value is -2.40. The van der Waals surface area contributed by atoms with Crippen molar-refractivity contribution >= 4 is 11.0 Å². The fourth-order valence-electron chi connectivity index (χ4n) is 5.33. The molecule has 29 heavy (non-hydrogen) atoms. The molecule has 1 unspecified atom stereocenters. The molecule has 1 aliphatic heterocycles. The van der Waals surface area contributed by atoms with E-state index in [0.29, 0.717) is 0 Å². The molecular formula is C24H30N4O. The minimum Gasteiger partial charge on any atom is -0.301 e. The van der Waals surface area contributed by atoms with Gasteiger partial charge in [0.2, 0.25) is 0 Å². The summed E-state index contributed by atoms with van der Waals surface area (Å²) in [6.45, 7) is 3.12. The van der Waals surface area contributed by atoms with Gasteiger partial charge in [-0.3, -0.25) is 14.0 Å². The molecule has 3 aromatic rings. The second-order valence-corrected chi connectivity index (χ2v) is 8.68. The molecule has 0 amide bonds. The zero-order valence-corrected chi connectivity index (χ0v) is 17.3. The van der Waals surface area contributed by atoms with E-state index in [1.54, 1.807) is 0 Å². The second kappa shape index (κ2) is 7.79. The molecule has 3 heterocycles. The van der Waals surface area contributed by atoms with Gasteiger partial charge in [-0.15, -0.1) is 0 Å². The van der Waals surface area contributed by atoms with Crippen molar-refractivity contribution in [2.45, 2.75) is 51.0 Å². The maximum absolute atomic E-state index is 13.6. The number of likely N-dealkylation sites (tertiary alicyclic amines) is 1. The number of hydrogen-bond acceptors (Lipinski definition) is 3. The van der Waals surface area contributed by atoms with Crippen LogP contribution in [0.1, 0.15) is 48.4 Å². The molecular weight excluding hydrogens is 360 g/mol. The van der Waals surface area contributed by atoms with Crippen LogP contribution in [-0.2, 0) is 26.3 Å². The van der Waals surface area contributed by atoms with Crippen LogP contribution in [0.25, 0.3) is 11.0 Å². The molecule has 2 aromatic heterocycles. The molecule has 0 radical (unpaired) electrons. The molecule has 1 aliphatic carbocycles. The van der Waals surface area contributed by atoms with Crippen LogP contribution in [0, 0.1) is 0 Å². The highest BCUT2D eigenvalue weighted by atomic mass is 16.1. The Morgan fingerprint density at radius 2 is 1.86 bits per heavy atom. The van der Waals surface area contributed by atoms with Crippen molar-refractivity contribution < 1.29 is 0 Å². The van der Waals surface area contributed by atoms with Crippen LogP contribution in [0.5, 0.6) is 0 Å². The monoisotopic (exact) mass is 390 g/mol. The molecule has 152 valence electrons. The van der Waals surface area contributed by atoms with Gasteiger partial charge in [-0.05, 0) is 62.6 Å². The van der Waals surface area contributed by atoms with E-state index in [0.717, 1.165) is 69.4 Å². The maximum atomic E-state index is 13.6.